The van der Waals surface area contributed by atoms with E-state index in [1.807, 2.05) is 0 Å². The Labute approximate surface area is 209 Å². The maximum Gasteiger partial charge on any atom is 2.00 e. The van der Waals surface area contributed by atoms with Gasteiger partial charge < -0.3 is 32.7 Å². The second kappa shape index (κ2) is 20.9. The minimum atomic E-state index is 0. The van der Waals surface area contributed by atoms with Crippen molar-refractivity contribution in [2.75, 3.05) is 13.1 Å². The molecule has 0 atom stereocenters. The van der Waals surface area contributed by atoms with E-state index in [0.717, 1.165) is 0 Å². The number of nitrogens with two attached hydrogens (primary N) is 2. The molecule has 0 fully saturated rings. The molecule has 0 aliphatic rings. The van der Waals surface area contributed by atoms with E-state index in [9.17, 15) is 9.59 Å². The molecular formula is C18H23GdN2NaO4. The number of phenolic OH excluding ortho intramolecular Hbond substituents is 2. The van der Waals surface area contributed by atoms with Crippen molar-refractivity contribution in [1.29, 1.82) is 0 Å². The Hall–Kier alpha value is -0.375. The summed E-state index contributed by atoms with van der Waals surface area (Å²) < 4.78 is 0. The molecule has 0 saturated carbocycles. The monoisotopic (exact) mass is 512 g/mol. The van der Waals surface area contributed by atoms with Crippen LogP contribution in [0.1, 0.15) is 12.6 Å². The zero-order valence-electron chi connectivity index (χ0n) is 15.7. The summed E-state index contributed by atoms with van der Waals surface area (Å²) in [4.78, 5) is 19.8. The van der Waals surface area contributed by atoms with Gasteiger partial charge >= 0.3 is 69.5 Å². The van der Waals surface area contributed by atoms with E-state index in [-0.39, 0.29) is 95.3 Å². The molecule has 0 saturated heterocycles. The number of carbonyl (C=O) groups excluding carboxylic acids is 2. The summed E-state index contributed by atoms with van der Waals surface area (Å²) in [5.74, 6) is 0.316. The topological polar surface area (TPSA) is 127 Å². The van der Waals surface area contributed by atoms with Gasteiger partial charge in [-0.2, -0.15) is 0 Å². The summed E-state index contributed by atoms with van der Waals surface area (Å²) in [5, 5.41) is 18.1. The van der Waals surface area contributed by atoms with Crippen molar-refractivity contribution < 1.29 is 90.7 Å². The largest absolute Gasteiger partial charge is 2.00 e. The molecule has 0 radical (unpaired) electrons. The third-order valence-corrected chi connectivity index (χ3v) is 2.68. The molecule has 6 N–H and O–H groups in total. The van der Waals surface area contributed by atoms with Gasteiger partial charge in [-0.25, -0.2) is 0 Å². The Bertz CT molecular complexity index is 568. The Morgan fingerprint density at radius 1 is 0.769 bits per heavy atom. The number of para-hydroxylation sites is 2. The van der Waals surface area contributed by atoms with Gasteiger partial charge in [0.05, 0.1) is 0 Å². The number of hydrogen-bond acceptors (Lipinski definition) is 6. The number of rotatable bonds is 5. The van der Waals surface area contributed by atoms with Gasteiger partial charge in [0.2, 0.25) is 0 Å². The number of hydrogen-bond donors (Lipinski definition) is 4. The molecule has 0 unspecified atom stereocenters. The smallest absolute Gasteiger partial charge is 1.00 e. The normalized spacial score (nSPS) is 8.23. The van der Waals surface area contributed by atoms with Crippen LogP contribution in [0.3, 0.4) is 0 Å². The standard InChI is InChI=1S/2C8H7O2.C2H8N2.Gd.Na.H/c2*9-6-5-7-3-1-2-4-8(7)10;3-1-2-4;;;/h2*1-4,10H,5H2;1-4H2;;;/q2*-1;;+2;+1;-1. The van der Waals surface area contributed by atoms with Gasteiger partial charge in [-0.05, 0) is 23.3 Å². The van der Waals surface area contributed by atoms with Gasteiger partial charge in [-0.3, -0.25) is 12.6 Å². The van der Waals surface area contributed by atoms with Crippen molar-refractivity contribution in [1.82, 2.24) is 0 Å². The first-order valence-electron chi connectivity index (χ1n) is 7.24. The van der Waals surface area contributed by atoms with Crippen LogP contribution in [0.2, 0.25) is 0 Å². The summed E-state index contributed by atoms with van der Waals surface area (Å²) in [5.41, 5.74) is 11.1. The second-order valence-corrected chi connectivity index (χ2v) is 4.48. The third kappa shape index (κ3) is 14.8. The minimum Gasteiger partial charge on any atom is -1.00 e. The quantitative estimate of drug-likeness (QED) is 0.275. The predicted octanol–water partition coefficient (Wildman–Crippen LogP) is -1.89. The maximum absolute atomic E-state index is 9.89. The fraction of sp³-hybridized carbons (Fsp3) is 0.222. The summed E-state index contributed by atoms with van der Waals surface area (Å²) in [6.45, 7) is 1.19. The fourth-order valence-electron chi connectivity index (χ4n) is 1.48. The fourth-order valence-corrected chi connectivity index (χ4v) is 1.48. The van der Waals surface area contributed by atoms with Gasteiger partial charge in [0.25, 0.3) is 0 Å². The average Bonchev–Trinajstić information content (AvgIpc) is 2.60. The third-order valence-electron chi connectivity index (χ3n) is 2.68. The van der Waals surface area contributed by atoms with Crippen molar-refractivity contribution >= 4 is 12.6 Å². The van der Waals surface area contributed by atoms with E-state index < -0.39 is 0 Å². The number of aromatic hydroxyl groups is 2. The van der Waals surface area contributed by atoms with Crippen LogP contribution in [-0.4, -0.2) is 35.9 Å². The molecule has 2 aromatic carbocycles. The van der Waals surface area contributed by atoms with Crippen molar-refractivity contribution in [3.63, 3.8) is 0 Å². The van der Waals surface area contributed by atoms with Crippen molar-refractivity contribution in [2.45, 2.75) is 12.8 Å². The summed E-state index contributed by atoms with van der Waals surface area (Å²) in [7, 11) is 0. The Morgan fingerprint density at radius 2 is 1.08 bits per heavy atom. The average molecular weight is 512 g/mol. The Balaban J connectivity index is -0.000000150. The van der Waals surface area contributed by atoms with Crippen LogP contribution in [-0.2, 0) is 22.4 Å². The maximum atomic E-state index is 9.89. The van der Waals surface area contributed by atoms with Crippen molar-refractivity contribution in [2.24, 2.45) is 11.5 Å². The van der Waals surface area contributed by atoms with Gasteiger partial charge in [-0.1, -0.05) is 36.4 Å². The Kier molecular flexibility index (Phi) is 24.4. The summed E-state index contributed by atoms with van der Waals surface area (Å²) in [6.07, 6.45) is 3.75. The number of phenols is 2. The minimum absolute atomic E-state index is 0. The Morgan fingerprint density at radius 3 is 1.31 bits per heavy atom. The molecule has 2 aromatic rings. The van der Waals surface area contributed by atoms with Gasteiger partial charge in [0.1, 0.15) is 11.5 Å². The predicted molar refractivity (Wildman–Crippen MR) is 94.2 cm³/mol. The first kappa shape index (κ1) is 30.4. The number of benzene rings is 2. The van der Waals surface area contributed by atoms with Crippen molar-refractivity contribution in [3.8, 4) is 11.5 Å². The first-order valence-corrected chi connectivity index (χ1v) is 7.24. The van der Waals surface area contributed by atoms with Gasteiger partial charge in [0, 0.05) is 13.1 Å². The van der Waals surface area contributed by atoms with E-state index in [1.54, 1.807) is 61.1 Å². The van der Waals surface area contributed by atoms with E-state index in [1.165, 1.54) is 0 Å². The van der Waals surface area contributed by atoms with E-state index in [4.69, 9.17) is 21.7 Å². The van der Waals surface area contributed by atoms with Crippen LogP contribution in [0, 0.1) is 39.9 Å². The van der Waals surface area contributed by atoms with Crippen LogP contribution in [0.15, 0.2) is 48.5 Å². The first-order chi connectivity index (χ1) is 11.6. The van der Waals surface area contributed by atoms with Crippen LogP contribution >= 0.6 is 0 Å². The molecule has 0 aliphatic carbocycles. The van der Waals surface area contributed by atoms with Crippen LogP contribution < -0.4 is 41.0 Å². The SMILES string of the molecule is NCCN.O=[C-]Cc1ccccc1O.O=[C-]Cc1ccccc1O.[Gd+2].[H-].[Na+]. The van der Waals surface area contributed by atoms with Crippen molar-refractivity contribution in [3.05, 3.63) is 59.7 Å². The molecule has 0 spiro atoms. The molecule has 0 amide bonds. The molecular weight excluding hydrogens is 488 g/mol. The molecule has 0 aromatic heterocycles. The van der Waals surface area contributed by atoms with E-state index in [0.29, 0.717) is 24.2 Å². The zero-order valence-corrected chi connectivity index (χ0v) is 18.9. The zero-order chi connectivity index (χ0) is 18.2. The molecule has 26 heavy (non-hydrogen) atoms. The summed E-state index contributed by atoms with van der Waals surface area (Å²) in [6, 6.07) is 13.5. The van der Waals surface area contributed by atoms with Crippen LogP contribution in [0.4, 0.5) is 0 Å². The van der Waals surface area contributed by atoms with Crippen LogP contribution in [0.25, 0.3) is 0 Å². The van der Waals surface area contributed by atoms with E-state index >= 15 is 0 Å². The van der Waals surface area contributed by atoms with E-state index in [2.05, 4.69) is 0 Å². The molecule has 2 rings (SSSR count). The van der Waals surface area contributed by atoms with Gasteiger partial charge in [-0.15, -0.1) is 12.8 Å². The molecule has 0 bridgehead atoms. The summed E-state index contributed by atoms with van der Waals surface area (Å²) >= 11 is 0. The van der Waals surface area contributed by atoms with Crippen LogP contribution in [0.5, 0.6) is 11.5 Å². The second-order valence-electron chi connectivity index (χ2n) is 4.48. The van der Waals surface area contributed by atoms with Gasteiger partial charge in [0.15, 0.2) is 0 Å². The molecule has 0 heterocycles. The molecule has 138 valence electrons. The molecule has 8 heteroatoms. The molecule has 6 nitrogen and oxygen atoms in total. The molecule has 0 aliphatic heterocycles.